The topological polar surface area (TPSA) is 36.9 Å². The van der Waals surface area contributed by atoms with Crippen LogP contribution in [0.1, 0.15) is 22.8 Å². The first-order valence-corrected chi connectivity index (χ1v) is 10.9. The molecule has 0 saturated carbocycles. The number of allylic oxidation sites excluding steroid dienone is 1. The average molecular weight is 439 g/mol. The summed E-state index contributed by atoms with van der Waals surface area (Å²) in [6, 6.07) is 26.7. The van der Waals surface area contributed by atoms with Crippen LogP contribution in [0.3, 0.4) is 0 Å². The van der Waals surface area contributed by atoms with Crippen molar-refractivity contribution in [3.05, 3.63) is 102 Å². The van der Waals surface area contributed by atoms with E-state index in [9.17, 15) is 0 Å². The molecule has 0 radical (unpaired) electrons. The highest BCUT2D eigenvalue weighted by atomic mass is 16.5. The Kier molecular flexibility index (Phi) is 5.66. The van der Waals surface area contributed by atoms with E-state index < -0.39 is 0 Å². The van der Waals surface area contributed by atoms with Gasteiger partial charge in [0.25, 0.3) is 0 Å². The van der Waals surface area contributed by atoms with E-state index >= 15 is 0 Å². The van der Waals surface area contributed by atoms with Gasteiger partial charge in [-0.2, -0.15) is 0 Å². The van der Waals surface area contributed by atoms with Crippen LogP contribution >= 0.6 is 0 Å². The number of hydrogen-bond donors (Lipinski definition) is 0. The molecule has 4 heteroatoms. The second-order valence-corrected chi connectivity index (χ2v) is 8.03. The van der Waals surface area contributed by atoms with Gasteiger partial charge in [0, 0.05) is 17.2 Å². The van der Waals surface area contributed by atoms with Gasteiger partial charge >= 0.3 is 0 Å². The maximum absolute atomic E-state index is 6.53. The second-order valence-electron chi connectivity index (χ2n) is 8.03. The van der Waals surface area contributed by atoms with E-state index in [4.69, 9.17) is 18.9 Å². The van der Waals surface area contributed by atoms with Crippen LogP contribution in [0.4, 0.5) is 0 Å². The van der Waals surface area contributed by atoms with E-state index in [1.54, 1.807) is 21.3 Å². The van der Waals surface area contributed by atoms with E-state index in [1.807, 2.05) is 30.3 Å². The summed E-state index contributed by atoms with van der Waals surface area (Å²) < 4.78 is 23.0. The summed E-state index contributed by atoms with van der Waals surface area (Å²) in [4.78, 5) is 0. The molecule has 0 bridgehead atoms. The van der Waals surface area contributed by atoms with Crippen LogP contribution in [-0.4, -0.2) is 21.3 Å². The minimum Gasteiger partial charge on any atom is -0.497 e. The summed E-state index contributed by atoms with van der Waals surface area (Å²) in [6.07, 6.45) is 2.69. The molecule has 4 aromatic carbocycles. The van der Waals surface area contributed by atoms with Gasteiger partial charge in [-0.25, -0.2) is 0 Å². The normalized spacial score (nSPS) is 14.8. The van der Waals surface area contributed by atoms with Crippen molar-refractivity contribution in [3.8, 4) is 23.0 Å². The molecular formula is C29H26O4. The molecule has 1 aliphatic rings. The van der Waals surface area contributed by atoms with Gasteiger partial charge in [0.05, 0.1) is 21.3 Å². The maximum Gasteiger partial charge on any atom is 0.146 e. The van der Waals surface area contributed by atoms with E-state index in [0.29, 0.717) is 0 Å². The van der Waals surface area contributed by atoms with Crippen LogP contribution in [0.2, 0.25) is 0 Å². The third-order valence-corrected chi connectivity index (χ3v) is 6.09. The molecule has 1 unspecified atom stereocenters. The molecule has 0 amide bonds. The lowest BCUT2D eigenvalue weighted by Gasteiger charge is -2.28. The lowest BCUT2D eigenvalue weighted by Crippen LogP contribution is -2.14. The van der Waals surface area contributed by atoms with Crippen molar-refractivity contribution >= 4 is 16.3 Å². The van der Waals surface area contributed by atoms with Crippen molar-refractivity contribution in [2.75, 3.05) is 21.3 Å². The molecule has 5 rings (SSSR count). The molecule has 166 valence electrons. The zero-order valence-electron chi connectivity index (χ0n) is 19.0. The Labute approximate surface area is 194 Å². The molecule has 0 N–H and O–H groups in total. The van der Waals surface area contributed by atoms with Crippen molar-refractivity contribution in [1.82, 2.24) is 0 Å². The van der Waals surface area contributed by atoms with E-state index in [-0.39, 0.29) is 6.10 Å². The standard InChI is InChI=1S/C29H26O4/c1-30-22-9-6-7-19(16-22)15-21-17-28(25-13-12-23(31-2)18-27(25)32-3)33-26-14-11-20-8-4-5-10-24(20)29(21)26/h4-14,16-18,28H,15H2,1-3H3. The number of rotatable bonds is 6. The van der Waals surface area contributed by atoms with Crippen molar-refractivity contribution in [3.63, 3.8) is 0 Å². The predicted octanol–water partition coefficient (Wildman–Crippen LogP) is 6.63. The fourth-order valence-electron chi connectivity index (χ4n) is 4.47. The van der Waals surface area contributed by atoms with Gasteiger partial charge in [-0.1, -0.05) is 42.5 Å². The van der Waals surface area contributed by atoms with E-state index in [1.165, 1.54) is 21.9 Å². The highest BCUT2D eigenvalue weighted by molar-refractivity contribution is 5.97. The van der Waals surface area contributed by atoms with E-state index in [0.717, 1.165) is 40.5 Å². The minimum absolute atomic E-state index is 0.278. The van der Waals surface area contributed by atoms with Crippen molar-refractivity contribution in [1.29, 1.82) is 0 Å². The van der Waals surface area contributed by atoms with Crippen molar-refractivity contribution in [2.45, 2.75) is 12.5 Å². The Morgan fingerprint density at radius 1 is 0.758 bits per heavy atom. The predicted molar refractivity (Wildman–Crippen MR) is 132 cm³/mol. The fraction of sp³-hybridized carbons (Fsp3) is 0.172. The van der Waals surface area contributed by atoms with Crippen LogP contribution in [-0.2, 0) is 6.42 Å². The third kappa shape index (κ3) is 4.00. The van der Waals surface area contributed by atoms with Gasteiger partial charge in [0.1, 0.15) is 29.1 Å². The molecule has 1 atom stereocenters. The summed E-state index contributed by atoms with van der Waals surface area (Å²) in [5.74, 6) is 3.21. The summed E-state index contributed by atoms with van der Waals surface area (Å²) in [5, 5.41) is 2.38. The zero-order valence-corrected chi connectivity index (χ0v) is 19.0. The lowest BCUT2D eigenvalue weighted by molar-refractivity contribution is 0.244. The maximum atomic E-state index is 6.53. The Hall–Kier alpha value is -3.92. The summed E-state index contributed by atoms with van der Waals surface area (Å²) in [5.41, 5.74) is 4.49. The van der Waals surface area contributed by atoms with E-state index in [2.05, 4.69) is 54.6 Å². The van der Waals surface area contributed by atoms with Crippen molar-refractivity contribution in [2.24, 2.45) is 0 Å². The first-order chi connectivity index (χ1) is 16.2. The number of benzene rings is 4. The van der Waals surface area contributed by atoms with Crippen LogP contribution in [0, 0.1) is 0 Å². The Balaban J connectivity index is 1.65. The van der Waals surface area contributed by atoms with Crippen LogP contribution in [0.5, 0.6) is 23.0 Å². The number of fused-ring (bicyclic) bond motifs is 3. The molecule has 4 nitrogen and oxygen atoms in total. The Morgan fingerprint density at radius 3 is 2.39 bits per heavy atom. The molecule has 1 heterocycles. The molecule has 4 aromatic rings. The van der Waals surface area contributed by atoms with Gasteiger partial charge in [0.15, 0.2) is 0 Å². The molecule has 0 spiro atoms. The Morgan fingerprint density at radius 2 is 1.58 bits per heavy atom. The monoisotopic (exact) mass is 438 g/mol. The van der Waals surface area contributed by atoms with Crippen molar-refractivity contribution < 1.29 is 18.9 Å². The highest BCUT2D eigenvalue weighted by Crippen LogP contribution is 2.44. The van der Waals surface area contributed by atoms with Gasteiger partial charge in [-0.05, 0) is 64.7 Å². The van der Waals surface area contributed by atoms with Gasteiger partial charge in [-0.15, -0.1) is 0 Å². The average Bonchev–Trinajstić information content (AvgIpc) is 2.88. The first-order valence-electron chi connectivity index (χ1n) is 10.9. The quantitative estimate of drug-likeness (QED) is 0.339. The molecule has 1 aliphatic heterocycles. The molecule has 0 saturated heterocycles. The second kappa shape index (κ2) is 8.91. The summed E-state index contributed by atoms with van der Waals surface area (Å²) in [6.45, 7) is 0. The molecular weight excluding hydrogens is 412 g/mol. The lowest BCUT2D eigenvalue weighted by atomic mass is 9.89. The molecule has 0 aromatic heterocycles. The largest absolute Gasteiger partial charge is 0.497 e. The molecule has 0 fully saturated rings. The number of ether oxygens (including phenoxy) is 4. The Bertz CT molecular complexity index is 1340. The minimum atomic E-state index is -0.278. The van der Waals surface area contributed by atoms with Crippen LogP contribution < -0.4 is 18.9 Å². The smallest absolute Gasteiger partial charge is 0.146 e. The van der Waals surface area contributed by atoms with Gasteiger partial charge < -0.3 is 18.9 Å². The number of methoxy groups -OCH3 is 3. The zero-order chi connectivity index (χ0) is 22.8. The third-order valence-electron chi connectivity index (χ3n) is 6.09. The van der Waals surface area contributed by atoms with Gasteiger partial charge in [-0.3, -0.25) is 0 Å². The van der Waals surface area contributed by atoms with Gasteiger partial charge in [0.2, 0.25) is 0 Å². The fourth-order valence-corrected chi connectivity index (χ4v) is 4.47. The highest BCUT2D eigenvalue weighted by Gasteiger charge is 2.26. The molecule has 0 aliphatic carbocycles. The number of hydrogen-bond acceptors (Lipinski definition) is 4. The SMILES string of the molecule is COc1cccc(CC2=CC(c3ccc(OC)cc3OC)Oc3ccc4ccccc4c32)c1. The van der Waals surface area contributed by atoms with Crippen LogP contribution in [0.25, 0.3) is 16.3 Å². The first kappa shape index (κ1) is 21.0. The summed E-state index contributed by atoms with van der Waals surface area (Å²) in [7, 11) is 5.02. The molecule has 33 heavy (non-hydrogen) atoms. The summed E-state index contributed by atoms with van der Waals surface area (Å²) >= 11 is 0. The van der Waals surface area contributed by atoms with Crippen LogP contribution in [0.15, 0.2) is 84.9 Å².